The van der Waals surface area contributed by atoms with Crippen molar-refractivity contribution in [3.05, 3.63) is 59.9 Å². The third kappa shape index (κ3) is 4.54. The van der Waals surface area contributed by atoms with Gasteiger partial charge in [0.25, 0.3) is 0 Å². The lowest BCUT2D eigenvalue weighted by atomic mass is 10.1. The molecular weight excluding hydrogens is 318 g/mol. The molecule has 0 radical (unpaired) electrons. The van der Waals surface area contributed by atoms with Gasteiger partial charge in [-0.1, -0.05) is 12.1 Å². The molecule has 25 heavy (non-hydrogen) atoms. The molecule has 0 saturated carbocycles. The number of nitrogens with one attached hydrogen (secondary N) is 3. The standard InChI is InChI=1S/C18H21N5O2/c19-17(20)13-2-1-3-14(8-13)25-15-9-16(22-11-15)18(24)23-10-12-4-6-21-7-5-12/h1-8,15-16,22H,9-11H2,(H3,19,20)(H,23,24)/t15-,16+/m1/s1. The summed E-state index contributed by atoms with van der Waals surface area (Å²) in [5, 5.41) is 13.6. The highest BCUT2D eigenvalue weighted by Gasteiger charge is 2.30. The monoisotopic (exact) mass is 339 g/mol. The second kappa shape index (κ2) is 7.76. The molecule has 3 rings (SSSR count). The van der Waals surface area contributed by atoms with Gasteiger partial charge in [0.15, 0.2) is 0 Å². The minimum Gasteiger partial charge on any atom is -0.489 e. The van der Waals surface area contributed by atoms with Crippen LogP contribution in [0, 0.1) is 5.41 Å². The molecule has 1 aromatic carbocycles. The van der Waals surface area contributed by atoms with Gasteiger partial charge in [0.05, 0.1) is 6.04 Å². The summed E-state index contributed by atoms with van der Waals surface area (Å²) < 4.78 is 5.91. The zero-order chi connectivity index (χ0) is 17.6. The number of benzene rings is 1. The number of aromatic nitrogens is 1. The number of rotatable bonds is 6. The molecule has 0 aliphatic carbocycles. The molecule has 1 fully saturated rings. The molecule has 5 N–H and O–H groups in total. The number of pyridine rings is 1. The zero-order valence-electron chi connectivity index (χ0n) is 13.7. The first-order chi connectivity index (χ1) is 12.1. The zero-order valence-corrected chi connectivity index (χ0v) is 13.7. The van der Waals surface area contributed by atoms with Crippen LogP contribution in [-0.2, 0) is 11.3 Å². The third-order valence-corrected chi connectivity index (χ3v) is 4.07. The maximum Gasteiger partial charge on any atom is 0.237 e. The Balaban J connectivity index is 1.50. The molecule has 2 aromatic rings. The number of nitrogens with two attached hydrogens (primary N) is 1. The Bertz CT molecular complexity index is 750. The number of hydrogen-bond donors (Lipinski definition) is 4. The fourth-order valence-electron chi connectivity index (χ4n) is 2.74. The molecule has 130 valence electrons. The van der Waals surface area contributed by atoms with Crippen molar-refractivity contribution in [2.24, 2.45) is 5.73 Å². The highest BCUT2D eigenvalue weighted by atomic mass is 16.5. The number of nitrogens with zero attached hydrogens (tertiary/aromatic N) is 1. The van der Waals surface area contributed by atoms with E-state index in [0.717, 1.165) is 5.56 Å². The van der Waals surface area contributed by atoms with Crippen molar-refractivity contribution in [1.29, 1.82) is 5.41 Å². The highest BCUT2D eigenvalue weighted by Crippen LogP contribution is 2.19. The van der Waals surface area contributed by atoms with Crippen LogP contribution in [0.3, 0.4) is 0 Å². The van der Waals surface area contributed by atoms with Crippen LogP contribution in [0.25, 0.3) is 0 Å². The number of amidine groups is 1. The second-order valence-corrected chi connectivity index (χ2v) is 5.95. The van der Waals surface area contributed by atoms with Crippen molar-refractivity contribution in [2.45, 2.75) is 25.1 Å². The fourth-order valence-corrected chi connectivity index (χ4v) is 2.74. The fraction of sp³-hybridized carbons (Fsp3) is 0.278. The van der Waals surface area contributed by atoms with E-state index in [9.17, 15) is 4.79 Å². The van der Waals surface area contributed by atoms with E-state index >= 15 is 0 Å². The van der Waals surface area contributed by atoms with Gasteiger partial charge in [-0.3, -0.25) is 15.2 Å². The van der Waals surface area contributed by atoms with Crippen molar-refractivity contribution >= 4 is 11.7 Å². The molecule has 2 atom stereocenters. The average molecular weight is 339 g/mol. The summed E-state index contributed by atoms with van der Waals surface area (Å²) in [5.74, 6) is 0.612. The lowest BCUT2D eigenvalue weighted by Gasteiger charge is -2.14. The molecule has 1 saturated heterocycles. The van der Waals surface area contributed by atoms with Gasteiger partial charge in [-0.2, -0.15) is 0 Å². The highest BCUT2D eigenvalue weighted by molar-refractivity contribution is 5.95. The maximum absolute atomic E-state index is 12.3. The van der Waals surface area contributed by atoms with Gasteiger partial charge in [-0.05, 0) is 29.8 Å². The first-order valence-electron chi connectivity index (χ1n) is 8.13. The van der Waals surface area contributed by atoms with Gasteiger partial charge >= 0.3 is 0 Å². The molecule has 2 heterocycles. The molecule has 0 unspecified atom stereocenters. The largest absolute Gasteiger partial charge is 0.489 e. The van der Waals surface area contributed by atoms with Crippen LogP contribution in [0.15, 0.2) is 48.8 Å². The molecule has 1 aliphatic heterocycles. The van der Waals surface area contributed by atoms with Gasteiger partial charge in [0.2, 0.25) is 5.91 Å². The van der Waals surface area contributed by atoms with Crippen LogP contribution in [0.4, 0.5) is 0 Å². The normalized spacial score (nSPS) is 19.4. The summed E-state index contributed by atoms with van der Waals surface area (Å²) in [7, 11) is 0. The van der Waals surface area contributed by atoms with Crippen LogP contribution < -0.4 is 21.1 Å². The van der Waals surface area contributed by atoms with E-state index in [1.54, 1.807) is 30.6 Å². The van der Waals surface area contributed by atoms with Crippen LogP contribution in [-0.4, -0.2) is 35.4 Å². The summed E-state index contributed by atoms with van der Waals surface area (Å²) in [4.78, 5) is 16.2. The smallest absolute Gasteiger partial charge is 0.237 e. The van der Waals surface area contributed by atoms with Crippen molar-refractivity contribution in [2.75, 3.05) is 6.54 Å². The molecule has 1 aromatic heterocycles. The summed E-state index contributed by atoms with van der Waals surface area (Å²) in [5.41, 5.74) is 7.12. The Kier molecular flexibility index (Phi) is 5.25. The van der Waals surface area contributed by atoms with E-state index in [1.165, 1.54) is 0 Å². The van der Waals surface area contributed by atoms with Crippen LogP contribution >= 0.6 is 0 Å². The lowest BCUT2D eigenvalue weighted by molar-refractivity contribution is -0.123. The molecule has 0 spiro atoms. The first kappa shape index (κ1) is 16.9. The number of hydrogen-bond acceptors (Lipinski definition) is 5. The summed E-state index contributed by atoms with van der Waals surface area (Å²) in [6.07, 6.45) is 3.90. The number of carbonyl (C=O) groups excluding carboxylic acids is 1. The van der Waals surface area contributed by atoms with E-state index in [0.29, 0.717) is 30.8 Å². The predicted molar refractivity (Wildman–Crippen MR) is 94.4 cm³/mol. The van der Waals surface area contributed by atoms with E-state index in [1.807, 2.05) is 18.2 Å². The molecule has 1 aliphatic rings. The SMILES string of the molecule is N=C(N)c1cccc(O[C@H]2CN[C@H](C(=O)NCc3ccncc3)C2)c1. The minimum atomic E-state index is -0.275. The van der Waals surface area contributed by atoms with E-state index < -0.39 is 0 Å². The Hall–Kier alpha value is -2.93. The van der Waals surface area contributed by atoms with Crippen LogP contribution in [0.1, 0.15) is 17.5 Å². The van der Waals surface area contributed by atoms with Gasteiger partial charge in [0.1, 0.15) is 17.7 Å². The number of ether oxygens (including phenoxy) is 1. The van der Waals surface area contributed by atoms with Crippen molar-refractivity contribution in [1.82, 2.24) is 15.6 Å². The Labute approximate surface area is 146 Å². The van der Waals surface area contributed by atoms with Crippen molar-refractivity contribution in [3.8, 4) is 5.75 Å². The Morgan fingerprint density at radius 1 is 1.36 bits per heavy atom. The number of carbonyl (C=O) groups is 1. The predicted octanol–water partition coefficient (Wildman–Crippen LogP) is 0.791. The molecule has 7 heteroatoms. The first-order valence-corrected chi connectivity index (χ1v) is 8.13. The van der Waals surface area contributed by atoms with Crippen LogP contribution in [0.2, 0.25) is 0 Å². The van der Waals surface area contributed by atoms with E-state index in [4.69, 9.17) is 15.9 Å². The average Bonchev–Trinajstić information content (AvgIpc) is 3.09. The lowest BCUT2D eigenvalue weighted by Crippen LogP contribution is -2.39. The molecule has 0 bridgehead atoms. The summed E-state index contributed by atoms with van der Waals surface area (Å²) >= 11 is 0. The van der Waals surface area contributed by atoms with Crippen LogP contribution in [0.5, 0.6) is 5.75 Å². The van der Waals surface area contributed by atoms with Gasteiger partial charge in [-0.15, -0.1) is 0 Å². The summed E-state index contributed by atoms with van der Waals surface area (Å²) in [6.45, 7) is 1.07. The molecule has 7 nitrogen and oxygen atoms in total. The van der Waals surface area contributed by atoms with Gasteiger partial charge < -0.3 is 21.1 Å². The van der Waals surface area contributed by atoms with E-state index in [-0.39, 0.29) is 23.9 Å². The van der Waals surface area contributed by atoms with Gasteiger partial charge in [0, 0.05) is 37.5 Å². The quantitative estimate of drug-likeness (QED) is 0.459. The van der Waals surface area contributed by atoms with Crippen molar-refractivity contribution in [3.63, 3.8) is 0 Å². The maximum atomic E-state index is 12.3. The van der Waals surface area contributed by atoms with Gasteiger partial charge in [-0.25, -0.2) is 0 Å². The Morgan fingerprint density at radius 2 is 2.16 bits per heavy atom. The number of amides is 1. The molecular formula is C18H21N5O2. The summed E-state index contributed by atoms with van der Waals surface area (Å²) in [6, 6.07) is 10.6. The topological polar surface area (TPSA) is 113 Å². The Morgan fingerprint density at radius 3 is 2.92 bits per heavy atom. The third-order valence-electron chi connectivity index (χ3n) is 4.07. The van der Waals surface area contributed by atoms with Crippen molar-refractivity contribution < 1.29 is 9.53 Å². The number of nitrogen functional groups attached to an aromatic ring is 1. The molecule has 1 amide bonds. The minimum absolute atomic E-state index is 0.00311. The second-order valence-electron chi connectivity index (χ2n) is 5.95. The van der Waals surface area contributed by atoms with E-state index in [2.05, 4.69) is 15.6 Å².